The standard InChI is InChI=1S/C22H31N5O2/c1-17-19(18(2)27(25-17)14-7-11-23)9-10-22(28)24-16-20(21-8-6-15-29-21)26-12-4-3-5-13-26/h6,8,15,20H,3-5,7,9-10,12-14,16H2,1-2H3,(H,24,28). The van der Waals surface area contributed by atoms with Crippen LogP contribution in [0.25, 0.3) is 0 Å². The molecule has 7 heteroatoms. The van der Waals surface area contributed by atoms with E-state index in [-0.39, 0.29) is 11.9 Å². The predicted octanol–water partition coefficient (Wildman–Crippen LogP) is 3.28. The molecule has 29 heavy (non-hydrogen) atoms. The van der Waals surface area contributed by atoms with Crippen molar-refractivity contribution < 1.29 is 9.21 Å². The summed E-state index contributed by atoms with van der Waals surface area (Å²) >= 11 is 0. The molecule has 3 heterocycles. The van der Waals surface area contributed by atoms with Gasteiger partial charge < -0.3 is 9.73 Å². The van der Waals surface area contributed by atoms with Crippen molar-refractivity contribution in [1.29, 1.82) is 5.26 Å². The van der Waals surface area contributed by atoms with Crippen LogP contribution in [0.4, 0.5) is 0 Å². The number of nitriles is 1. The Hall–Kier alpha value is -2.59. The maximum absolute atomic E-state index is 12.5. The zero-order valence-electron chi connectivity index (χ0n) is 17.5. The molecule has 0 radical (unpaired) electrons. The van der Waals surface area contributed by atoms with Crippen LogP contribution >= 0.6 is 0 Å². The van der Waals surface area contributed by atoms with Crippen LogP contribution in [0.2, 0.25) is 0 Å². The van der Waals surface area contributed by atoms with Gasteiger partial charge in [-0.1, -0.05) is 6.42 Å². The summed E-state index contributed by atoms with van der Waals surface area (Å²) in [6.45, 7) is 7.21. The Kier molecular flexibility index (Phi) is 7.48. The van der Waals surface area contributed by atoms with Crippen molar-refractivity contribution in [1.82, 2.24) is 20.0 Å². The first-order valence-corrected chi connectivity index (χ1v) is 10.5. The molecule has 0 bridgehead atoms. The van der Waals surface area contributed by atoms with Gasteiger partial charge in [-0.3, -0.25) is 14.4 Å². The fourth-order valence-corrected chi connectivity index (χ4v) is 4.13. The van der Waals surface area contributed by atoms with Crippen LogP contribution in [0.1, 0.15) is 60.9 Å². The topological polar surface area (TPSA) is 87.1 Å². The average Bonchev–Trinajstić information content (AvgIpc) is 3.35. The number of piperidine rings is 1. The first kappa shape index (κ1) is 21.1. The van der Waals surface area contributed by atoms with Gasteiger partial charge in [0.15, 0.2) is 0 Å². The molecule has 0 aromatic carbocycles. The Labute approximate surface area is 172 Å². The molecule has 0 aliphatic carbocycles. The minimum Gasteiger partial charge on any atom is -0.468 e. The highest BCUT2D eigenvalue weighted by Gasteiger charge is 2.25. The largest absolute Gasteiger partial charge is 0.468 e. The Morgan fingerprint density at radius 1 is 1.34 bits per heavy atom. The van der Waals surface area contributed by atoms with E-state index in [0.717, 1.165) is 35.8 Å². The van der Waals surface area contributed by atoms with Gasteiger partial charge in [-0.25, -0.2) is 0 Å². The van der Waals surface area contributed by atoms with Gasteiger partial charge in [-0.15, -0.1) is 0 Å². The van der Waals surface area contributed by atoms with E-state index in [2.05, 4.69) is 21.4 Å². The fraction of sp³-hybridized carbons (Fsp3) is 0.591. The zero-order chi connectivity index (χ0) is 20.6. The molecule has 2 aromatic heterocycles. The number of likely N-dealkylation sites (tertiary alicyclic amines) is 1. The molecule has 1 unspecified atom stereocenters. The van der Waals surface area contributed by atoms with E-state index >= 15 is 0 Å². The quantitative estimate of drug-likeness (QED) is 0.702. The summed E-state index contributed by atoms with van der Waals surface area (Å²) in [5.74, 6) is 0.958. The molecule has 1 aliphatic rings. The number of hydrogen-bond acceptors (Lipinski definition) is 5. The third kappa shape index (κ3) is 5.48. The van der Waals surface area contributed by atoms with Gasteiger partial charge in [0.1, 0.15) is 5.76 Å². The Morgan fingerprint density at radius 3 is 2.83 bits per heavy atom. The van der Waals surface area contributed by atoms with Crippen LogP contribution in [-0.2, 0) is 17.8 Å². The maximum atomic E-state index is 12.5. The van der Waals surface area contributed by atoms with Gasteiger partial charge >= 0.3 is 0 Å². The molecule has 156 valence electrons. The molecule has 3 rings (SSSR count). The molecule has 1 aliphatic heterocycles. The van der Waals surface area contributed by atoms with Crippen molar-refractivity contribution in [2.75, 3.05) is 19.6 Å². The number of aryl methyl sites for hydroxylation is 2. The number of furan rings is 1. The summed E-state index contributed by atoms with van der Waals surface area (Å²) in [6, 6.07) is 6.14. The zero-order valence-corrected chi connectivity index (χ0v) is 17.5. The maximum Gasteiger partial charge on any atom is 0.220 e. The molecular formula is C22H31N5O2. The summed E-state index contributed by atoms with van der Waals surface area (Å²) in [5, 5.41) is 16.4. The monoisotopic (exact) mass is 397 g/mol. The molecule has 1 saturated heterocycles. The van der Waals surface area contributed by atoms with Crippen LogP contribution in [0, 0.1) is 25.2 Å². The predicted molar refractivity (Wildman–Crippen MR) is 110 cm³/mol. The van der Waals surface area contributed by atoms with Crippen LogP contribution in [0.15, 0.2) is 22.8 Å². The highest BCUT2D eigenvalue weighted by Crippen LogP contribution is 2.24. The lowest BCUT2D eigenvalue weighted by Gasteiger charge is -2.33. The second-order valence-corrected chi connectivity index (χ2v) is 7.71. The Bertz CT molecular complexity index is 828. The van der Waals surface area contributed by atoms with Gasteiger partial charge in [0.25, 0.3) is 0 Å². The van der Waals surface area contributed by atoms with E-state index in [1.165, 1.54) is 19.3 Å². The number of aromatic nitrogens is 2. The van der Waals surface area contributed by atoms with E-state index in [9.17, 15) is 4.79 Å². The van der Waals surface area contributed by atoms with Crippen LogP contribution in [0.3, 0.4) is 0 Å². The normalized spacial score (nSPS) is 15.8. The first-order valence-electron chi connectivity index (χ1n) is 10.5. The summed E-state index contributed by atoms with van der Waals surface area (Å²) in [7, 11) is 0. The molecule has 1 fully saturated rings. The van der Waals surface area contributed by atoms with Crippen molar-refractivity contribution in [3.63, 3.8) is 0 Å². The Morgan fingerprint density at radius 2 is 2.14 bits per heavy atom. The molecule has 1 atom stereocenters. The molecular weight excluding hydrogens is 366 g/mol. The first-order chi connectivity index (χ1) is 14.1. The molecule has 0 saturated carbocycles. The van der Waals surface area contributed by atoms with Crippen LogP contribution in [0.5, 0.6) is 0 Å². The van der Waals surface area contributed by atoms with Crippen molar-refractivity contribution in [3.8, 4) is 6.07 Å². The van der Waals surface area contributed by atoms with Crippen LogP contribution < -0.4 is 5.32 Å². The lowest BCUT2D eigenvalue weighted by molar-refractivity contribution is -0.121. The Balaban J connectivity index is 1.55. The number of nitrogens with one attached hydrogen (secondary N) is 1. The SMILES string of the molecule is Cc1nn(CCC#N)c(C)c1CCC(=O)NCC(c1ccco1)N1CCCCC1. The van der Waals surface area contributed by atoms with E-state index in [4.69, 9.17) is 9.68 Å². The van der Waals surface area contributed by atoms with Gasteiger partial charge in [0.2, 0.25) is 5.91 Å². The minimum atomic E-state index is 0.0436. The number of carbonyl (C=O) groups is 1. The molecule has 1 N–H and O–H groups in total. The average molecular weight is 398 g/mol. The smallest absolute Gasteiger partial charge is 0.220 e. The van der Waals surface area contributed by atoms with Gasteiger partial charge in [-0.05, 0) is 63.9 Å². The minimum absolute atomic E-state index is 0.0436. The number of amides is 1. The van der Waals surface area contributed by atoms with Gasteiger partial charge in [0.05, 0.1) is 37.0 Å². The van der Waals surface area contributed by atoms with Crippen LogP contribution in [-0.4, -0.2) is 40.2 Å². The summed E-state index contributed by atoms with van der Waals surface area (Å²) in [5.41, 5.74) is 3.10. The van der Waals surface area contributed by atoms with E-state index in [0.29, 0.717) is 32.4 Å². The fourth-order valence-electron chi connectivity index (χ4n) is 4.13. The van der Waals surface area contributed by atoms with Crippen molar-refractivity contribution in [3.05, 3.63) is 41.1 Å². The summed E-state index contributed by atoms with van der Waals surface area (Å²) < 4.78 is 7.52. The number of nitrogens with zero attached hydrogens (tertiary/aromatic N) is 4. The van der Waals surface area contributed by atoms with Gasteiger partial charge in [0, 0.05) is 18.7 Å². The second-order valence-electron chi connectivity index (χ2n) is 7.71. The van der Waals surface area contributed by atoms with Crippen molar-refractivity contribution >= 4 is 5.91 Å². The molecule has 7 nitrogen and oxygen atoms in total. The summed E-state index contributed by atoms with van der Waals surface area (Å²) in [6.07, 6.45) is 6.88. The van der Waals surface area contributed by atoms with E-state index in [1.807, 2.05) is 30.7 Å². The van der Waals surface area contributed by atoms with Crippen molar-refractivity contribution in [2.24, 2.45) is 0 Å². The molecule has 2 aromatic rings. The van der Waals surface area contributed by atoms with E-state index in [1.54, 1.807) is 6.26 Å². The summed E-state index contributed by atoms with van der Waals surface area (Å²) in [4.78, 5) is 15.0. The molecule has 1 amide bonds. The lowest BCUT2D eigenvalue weighted by atomic mass is 10.1. The van der Waals surface area contributed by atoms with E-state index < -0.39 is 0 Å². The number of carbonyl (C=O) groups excluding carboxylic acids is 1. The lowest BCUT2D eigenvalue weighted by Crippen LogP contribution is -2.40. The third-order valence-electron chi connectivity index (χ3n) is 5.76. The highest BCUT2D eigenvalue weighted by molar-refractivity contribution is 5.76. The third-order valence-corrected chi connectivity index (χ3v) is 5.76. The van der Waals surface area contributed by atoms with Crippen molar-refractivity contribution in [2.45, 2.75) is 65.0 Å². The highest BCUT2D eigenvalue weighted by atomic mass is 16.3. The second kappa shape index (κ2) is 10.3. The molecule has 0 spiro atoms. The number of hydrogen-bond donors (Lipinski definition) is 1. The number of rotatable bonds is 9. The van der Waals surface area contributed by atoms with Gasteiger partial charge in [-0.2, -0.15) is 10.4 Å².